The number of benzene rings is 1. The van der Waals surface area contributed by atoms with E-state index in [4.69, 9.17) is 29.4 Å². The van der Waals surface area contributed by atoms with Crippen LogP contribution in [0.4, 0.5) is 10.6 Å². The summed E-state index contributed by atoms with van der Waals surface area (Å²) in [5.41, 5.74) is 4.88. The summed E-state index contributed by atoms with van der Waals surface area (Å²) in [7, 11) is 1.54. The van der Waals surface area contributed by atoms with Crippen LogP contribution in [-0.2, 0) is 14.2 Å². The first-order valence-corrected chi connectivity index (χ1v) is 7.65. The Morgan fingerprint density at radius 3 is 2.73 bits per heavy atom. The van der Waals surface area contributed by atoms with Gasteiger partial charge in [-0.15, -0.1) is 0 Å². The highest BCUT2D eigenvalue weighted by atomic mass is 16.8. The van der Waals surface area contributed by atoms with Crippen molar-refractivity contribution in [2.45, 2.75) is 12.5 Å². The Morgan fingerprint density at radius 1 is 1.31 bits per heavy atom. The summed E-state index contributed by atoms with van der Waals surface area (Å²) < 4.78 is 27.1. The summed E-state index contributed by atoms with van der Waals surface area (Å²) in [6, 6.07) is 7.91. The van der Waals surface area contributed by atoms with E-state index in [9.17, 15) is 9.59 Å². The molecule has 0 bridgehead atoms. The molecule has 138 valence electrons. The maximum Gasteiger partial charge on any atom is 0.514 e. The maximum absolute atomic E-state index is 11.8. The smallest absolute Gasteiger partial charge is 0.497 e. The lowest BCUT2D eigenvalue weighted by Gasteiger charge is -2.13. The predicted molar refractivity (Wildman–Crippen MR) is 87.7 cm³/mol. The highest BCUT2D eigenvalue weighted by molar-refractivity contribution is 5.63. The monoisotopic (exact) mass is 363 g/mol. The molecule has 10 heteroatoms. The van der Waals surface area contributed by atoms with Gasteiger partial charge in [0.25, 0.3) is 0 Å². The summed E-state index contributed by atoms with van der Waals surface area (Å²) in [6.45, 7) is -0.0876. The van der Waals surface area contributed by atoms with E-state index >= 15 is 0 Å². The van der Waals surface area contributed by atoms with Crippen molar-refractivity contribution in [3.8, 4) is 11.5 Å². The van der Waals surface area contributed by atoms with E-state index in [-0.39, 0.29) is 19.0 Å². The van der Waals surface area contributed by atoms with Gasteiger partial charge < -0.3 is 29.4 Å². The molecule has 26 heavy (non-hydrogen) atoms. The molecule has 3 rings (SSSR count). The Bertz CT molecular complexity index is 821. The number of ether oxygens (including phenoxy) is 5. The van der Waals surface area contributed by atoms with Crippen molar-refractivity contribution in [2.75, 3.05) is 26.1 Å². The topological polar surface area (TPSA) is 124 Å². The molecule has 1 aliphatic rings. The quantitative estimate of drug-likeness (QED) is 0.610. The van der Waals surface area contributed by atoms with Gasteiger partial charge in [-0.2, -0.15) is 4.98 Å². The molecule has 2 N–H and O–H groups in total. The molecule has 1 saturated heterocycles. The zero-order valence-electron chi connectivity index (χ0n) is 13.9. The number of carbonyl (C=O) groups excluding carboxylic acids is 1. The molecule has 0 aliphatic carbocycles. The van der Waals surface area contributed by atoms with E-state index in [0.29, 0.717) is 11.5 Å². The zero-order chi connectivity index (χ0) is 18.5. The Morgan fingerprint density at radius 2 is 2.04 bits per heavy atom. The zero-order valence-corrected chi connectivity index (χ0v) is 13.9. The normalized spacial score (nSPS) is 19.1. The standard InChI is InChI=1S/C16H17N3O7/c1-22-10-2-4-11(5-3-10)25-16(21)24-9-14-23-8-13(26-14)19-7-6-12(17)18-15(19)20/h2-7,13-14H,8-9H2,1H3,(H2,17,18,20)/t13-,14-/m0/s1. The SMILES string of the molecule is COc1ccc(OC(=O)OC[C@H]2OC[C@@H](n3ccc(N)nc3=O)O2)cc1. The second-order valence-electron chi connectivity index (χ2n) is 5.23. The lowest BCUT2D eigenvalue weighted by molar-refractivity contribution is -0.105. The van der Waals surface area contributed by atoms with Crippen molar-refractivity contribution in [3.63, 3.8) is 0 Å². The average molecular weight is 363 g/mol. The summed E-state index contributed by atoms with van der Waals surface area (Å²) in [5, 5.41) is 0. The van der Waals surface area contributed by atoms with Crippen LogP contribution in [0.25, 0.3) is 0 Å². The number of hydrogen-bond acceptors (Lipinski definition) is 9. The molecule has 0 amide bonds. The van der Waals surface area contributed by atoms with Crippen LogP contribution < -0.4 is 20.9 Å². The van der Waals surface area contributed by atoms with Crippen molar-refractivity contribution in [2.24, 2.45) is 0 Å². The number of hydrogen-bond donors (Lipinski definition) is 1. The first kappa shape index (κ1) is 17.7. The van der Waals surface area contributed by atoms with E-state index in [1.54, 1.807) is 24.3 Å². The van der Waals surface area contributed by atoms with Gasteiger partial charge >= 0.3 is 11.8 Å². The number of rotatable bonds is 5. The molecule has 0 saturated carbocycles. The minimum Gasteiger partial charge on any atom is -0.497 e. The number of anilines is 1. The van der Waals surface area contributed by atoms with Crippen molar-refractivity contribution >= 4 is 12.0 Å². The van der Waals surface area contributed by atoms with Crippen LogP contribution in [0.5, 0.6) is 11.5 Å². The Labute approximate surface area is 148 Å². The number of nitrogens with two attached hydrogens (primary N) is 1. The van der Waals surface area contributed by atoms with Crippen LogP contribution in [0.15, 0.2) is 41.3 Å². The lowest BCUT2D eigenvalue weighted by Crippen LogP contribution is -2.29. The Hall–Kier alpha value is -3.11. The average Bonchev–Trinajstić information content (AvgIpc) is 3.09. The molecule has 2 atom stereocenters. The first-order chi connectivity index (χ1) is 12.5. The van der Waals surface area contributed by atoms with Gasteiger partial charge in [0.1, 0.15) is 23.9 Å². The van der Waals surface area contributed by atoms with Crippen LogP contribution in [0.3, 0.4) is 0 Å². The van der Waals surface area contributed by atoms with Gasteiger partial charge in [0.2, 0.25) is 0 Å². The molecule has 1 aromatic carbocycles. The van der Waals surface area contributed by atoms with Crippen LogP contribution in [-0.4, -0.2) is 42.3 Å². The third-order valence-corrected chi connectivity index (χ3v) is 3.49. The molecule has 1 fully saturated rings. The summed E-state index contributed by atoms with van der Waals surface area (Å²) >= 11 is 0. The van der Waals surface area contributed by atoms with Gasteiger partial charge in [-0.05, 0) is 30.3 Å². The second kappa shape index (κ2) is 7.85. The number of aromatic nitrogens is 2. The second-order valence-corrected chi connectivity index (χ2v) is 5.23. The van der Waals surface area contributed by atoms with Crippen LogP contribution >= 0.6 is 0 Å². The van der Waals surface area contributed by atoms with E-state index in [1.807, 2.05) is 0 Å². The molecule has 2 aromatic rings. The van der Waals surface area contributed by atoms with Crippen molar-refractivity contribution in [3.05, 3.63) is 47.0 Å². The van der Waals surface area contributed by atoms with Crippen LogP contribution in [0, 0.1) is 0 Å². The Balaban J connectivity index is 1.48. The van der Waals surface area contributed by atoms with Crippen LogP contribution in [0.2, 0.25) is 0 Å². The number of carbonyl (C=O) groups is 1. The molecule has 0 unspecified atom stereocenters. The fourth-order valence-corrected chi connectivity index (χ4v) is 2.23. The first-order valence-electron chi connectivity index (χ1n) is 7.65. The minimum atomic E-state index is -0.905. The van der Waals surface area contributed by atoms with Crippen molar-refractivity contribution < 1.29 is 28.5 Å². The summed E-state index contributed by atoms with van der Waals surface area (Å²) in [6.07, 6.45) is -0.952. The highest BCUT2D eigenvalue weighted by Gasteiger charge is 2.29. The van der Waals surface area contributed by atoms with E-state index in [2.05, 4.69) is 4.98 Å². The largest absolute Gasteiger partial charge is 0.514 e. The fraction of sp³-hybridized carbons (Fsp3) is 0.312. The summed E-state index contributed by atoms with van der Waals surface area (Å²) in [4.78, 5) is 27.1. The van der Waals surface area contributed by atoms with Gasteiger partial charge in [0, 0.05) is 6.20 Å². The maximum atomic E-state index is 11.8. The summed E-state index contributed by atoms with van der Waals surface area (Å²) in [5.74, 6) is 1.06. The molecular formula is C16H17N3O7. The van der Waals surface area contributed by atoms with Gasteiger partial charge in [0.05, 0.1) is 13.7 Å². The molecule has 1 aromatic heterocycles. The van der Waals surface area contributed by atoms with Gasteiger partial charge in [0.15, 0.2) is 12.5 Å². The fourth-order valence-electron chi connectivity index (χ4n) is 2.23. The predicted octanol–water partition coefficient (Wildman–Crippen LogP) is 0.921. The molecule has 1 aliphatic heterocycles. The van der Waals surface area contributed by atoms with Crippen molar-refractivity contribution in [1.82, 2.24) is 9.55 Å². The number of nitrogens with zero attached hydrogens (tertiary/aromatic N) is 2. The Kier molecular flexibility index (Phi) is 5.34. The number of methoxy groups -OCH3 is 1. The molecule has 0 radical (unpaired) electrons. The van der Waals surface area contributed by atoms with Crippen LogP contribution in [0.1, 0.15) is 6.23 Å². The number of nitrogen functional groups attached to an aromatic ring is 1. The van der Waals surface area contributed by atoms with E-state index in [1.165, 1.54) is 23.9 Å². The highest BCUT2D eigenvalue weighted by Crippen LogP contribution is 2.21. The molecule has 2 heterocycles. The third kappa shape index (κ3) is 4.29. The third-order valence-electron chi connectivity index (χ3n) is 3.49. The van der Waals surface area contributed by atoms with Gasteiger partial charge in [-0.1, -0.05) is 0 Å². The molecule has 10 nitrogen and oxygen atoms in total. The van der Waals surface area contributed by atoms with E-state index in [0.717, 1.165) is 0 Å². The minimum absolute atomic E-state index is 0.104. The van der Waals surface area contributed by atoms with E-state index < -0.39 is 24.4 Å². The van der Waals surface area contributed by atoms with Gasteiger partial charge in [-0.25, -0.2) is 9.59 Å². The molecule has 0 spiro atoms. The van der Waals surface area contributed by atoms with Gasteiger partial charge in [-0.3, -0.25) is 4.57 Å². The lowest BCUT2D eigenvalue weighted by atomic mass is 10.3. The molecular weight excluding hydrogens is 346 g/mol. The van der Waals surface area contributed by atoms with Crippen molar-refractivity contribution in [1.29, 1.82) is 0 Å².